The zero-order chi connectivity index (χ0) is 26.2. The molecule has 0 saturated heterocycles. The van der Waals surface area contributed by atoms with Crippen LogP contribution in [-0.2, 0) is 27.5 Å². The van der Waals surface area contributed by atoms with Crippen molar-refractivity contribution in [2.24, 2.45) is 0 Å². The van der Waals surface area contributed by atoms with E-state index in [2.05, 4.69) is 15.6 Å². The molecule has 35 heavy (non-hydrogen) atoms. The molecule has 11 nitrogen and oxygen atoms in total. The Morgan fingerprint density at radius 1 is 1.03 bits per heavy atom. The molecule has 1 heterocycles. The molecule has 0 spiro atoms. The summed E-state index contributed by atoms with van der Waals surface area (Å²) in [5.74, 6) is -0.952. The second-order valence-corrected chi connectivity index (χ2v) is 9.53. The monoisotopic (exact) mass is 487 g/mol. The lowest BCUT2D eigenvalue weighted by atomic mass is 9.98. The Labute approximate surface area is 203 Å². The second kappa shape index (κ2) is 11.5. The summed E-state index contributed by atoms with van der Waals surface area (Å²) in [4.78, 5) is 65.1. The molecule has 2 aromatic rings. The molecule has 3 N–H and O–H groups in total. The Hall–Kier alpha value is -3.89. The van der Waals surface area contributed by atoms with Crippen LogP contribution in [0.1, 0.15) is 40.2 Å². The molecule has 1 aromatic carbocycles. The van der Waals surface area contributed by atoms with Crippen molar-refractivity contribution in [2.45, 2.75) is 58.8 Å². The van der Waals surface area contributed by atoms with Gasteiger partial charge in [0.1, 0.15) is 18.7 Å². The number of ether oxygens (including phenoxy) is 1. The van der Waals surface area contributed by atoms with Crippen LogP contribution in [0, 0.1) is 0 Å². The number of nitrogens with one attached hydrogen (secondary N) is 3. The molecule has 0 aliphatic heterocycles. The molecule has 0 radical (unpaired) electrons. The van der Waals surface area contributed by atoms with E-state index in [1.165, 1.54) is 21.7 Å². The molecule has 0 atom stereocenters. The number of aromatic nitrogens is 2. The lowest BCUT2D eigenvalue weighted by molar-refractivity contribution is -0.146. The first-order valence-electron chi connectivity index (χ1n) is 11.2. The van der Waals surface area contributed by atoms with Gasteiger partial charge < -0.3 is 20.3 Å². The maximum absolute atomic E-state index is 13.1. The smallest absolute Gasteiger partial charge is 0.407 e. The van der Waals surface area contributed by atoms with Crippen molar-refractivity contribution in [1.82, 2.24) is 25.1 Å². The molecule has 11 heteroatoms. The third-order valence-corrected chi connectivity index (χ3v) is 5.08. The van der Waals surface area contributed by atoms with Gasteiger partial charge in [0.05, 0.1) is 0 Å². The maximum atomic E-state index is 13.1. The number of alkyl carbamates (subject to hydrolysis) is 1. The minimum Gasteiger partial charge on any atom is -0.445 e. The van der Waals surface area contributed by atoms with Crippen LogP contribution in [0.25, 0.3) is 0 Å². The molecule has 2 rings (SSSR count). The van der Waals surface area contributed by atoms with Gasteiger partial charge in [-0.05, 0) is 40.2 Å². The molecule has 1 aromatic heterocycles. The van der Waals surface area contributed by atoms with E-state index in [1.54, 1.807) is 26.0 Å². The second-order valence-electron chi connectivity index (χ2n) is 9.53. The number of nitrogens with zero attached hydrogens (tertiary/aromatic N) is 2. The van der Waals surface area contributed by atoms with Crippen LogP contribution in [-0.4, -0.2) is 56.5 Å². The van der Waals surface area contributed by atoms with E-state index < -0.39 is 46.8 Å². The van der Waals surface area contributed by atoms with Crippen molar-refractivity contribution in [3.63, 3.8) is 0 Å². The Morgan fingerprint density at radius 2 is 1.69 bits per heavy atom. The summed E-state index contributed by atoms with van der Waals surface area (Å²) in [6, 6.07) is 10.3. The highest BCUT2D eigenvalue weighted by atomic mass is 16.5. The topological polar surface area (TPSA) is 143 Å². The fraction of sp³-hybridized carbons (Fsp3) is 0.458. The number of hydrogen-bond acceptors (Lipinski definition) is 6. The number of rotatable bonds is 9. The highest BCUT2D eigenvalue weighted by molar-refractivity contribution is 5.92. The summed E-state index contributed by atoms with van der Waals surface area (Å²) in [7, 11) is 0. The highest BCUT2D eigenvalue weighted by Gasteiger charge is 2.39. The number of benzene rings is 1. The molecule has 0 bridgehead atoms. The van der Waals surface area contributed by atoms with Gasteiger partial charge in [-0.15, -0.1) is 0 Å². The van der Waals surface area contributed by atoms with Gasteiger partial charge >= 0.3 is 11.8 Å². The summed E-state index contributed by atoms with van der Waals surface area (Å²) in [5.41, 5.74) is -2.24. The first kappa shape index (κ1) is 27.4. The van der Waals surface area contributed by atoms with Crippen LogP contribution in [0.15, 0.2) is 52.2 Å². The van der Waals surface area contributed by atoms with Crippen molar-refractivity contribution in [3.8, 4) is 0 Å². The molecule has 190 valence electrons. The third kappa shape index (κ3) is 8.43. The first-order valence-corrected chi connectivity index (χ1v) is 11.2. The van der Waals surface area contributed by atoms with E-state index in [4.69, 9.17) is 4.74 Å². The standard InChI is InChI=1S/C24H33N5O6/c1-23(2,3)27-20(32)24(4,5)29(14-13-28-12-11-18(30)26-21(28)33)19(31)15-25-22(34)35-16-17-9-7-6-8-10-17/h6-12H,13-16H2,1-5H3,(H,25,34)(H,27,32)(H,26,30,33). The van der Waals surface area contributed by atoms with E-state index in [0.717, 1.165) is 5.56 Å². The van der Waals surface area contributed by atoms with Crippen molar-refractivity contribution in [3.05, 3.63) is 69.0 Å². The fourth-order valence-corrected chi connectivity index (χ4v) is 3.18. The van der Waals surface area contributed by atoms with Crippen LogP contribution >= 0.6 is 0 Å². The van der Waals surface area contributed by atoms with Crippen LogP contribution in [0.5, 0.6) is 0 Å². The number of amides is 3. The summed E-state index contributed by atoms with van der Waals surface area (Å²) in [5, 5.41) is 5.26. The average molecular weight is 488 g/mol. The van der Waals surface area contributed by atoms with Gasteiger partial charge in [-0.25, -0.2) is 9.59 Å². The number of carbonyl (C=O) groups excluding carboxylic acids is 3. The van der Waals surface area contributed by atoms with Gasteiger partial charge in [-0.2, -0.15) is 0 Å². The number of hydrogen-bond donors (Lipinski definition) is 3. The van der Waals surface area contributed by atoms with E-state index in [9.17, 15) is 24.0 Å². The zero-order valence-electron chi connectivity index (χ0n) is 20.7. The van der Waals surface area contributed by atoms with E-state index >= 15 is 0 Å². The van der Waals surface area contributed by atoms with Crippen LogP contribution < -0.4 is 21.9 Å². The molecular weight excluding hydrogens is 454 g/mol. The molecule has 0 aliphatic carbocycles. The molecule has 0 fully saturated rings. The normalized spacial score (nSPS) is 11.5. The molecule has 3 amide bonds. The predicted octanol–water partition coefficient (Wildman–Crippen LogP) is 0.985. The average Bonchev–Trinajstić information content (AvgIpc) is 2.77. The van der Waals surface area contributed by atoms with Gasteiger partial charge in [0.2, 0.25) is 11.8 Å². The van der Waals surface area contributed by atoms with Crippen molar-refractivity contribution >= 4 is 17.9 Å². The van der Waals surface area contributed by atoms with Crippen molar-refractivity contribution in [1.29, 1.82) is 0 Å². The largest absolute Gasteiger partial charge is 0.445 e. The molecule has 0 aliphatic rings. The van der Waals surface area contributed by atoms with E-state index in [-0.39, 0.29) is 19.7 Å². The molecular formula is C24H33N5O6. The van der Waals surface area contributed by atoms with Crippen LogP contribution in [0.2, 0.25) is 0 Å². The Kier molecular flexibility index (Phi) is 8.99. The maximum Gasteiger partial charge on any atom is 0.407 e. The SMILES string of the molecule is CC(C)(C)NC(=O)C(C)(C)N(CCn1ccc(=O)[nH]c1=O)C(=O)CNC(=O)OCc1ccccc1. The number of aromatic amines is 1. The van der Waals surface area contributed by atoms with Gasteiger partial charge in [0, 0.05) is 30.9 Å². The van der Waals surface area contributed by atoms with Crippen molar-refractivity contribution < 1.29 is 19.1 Å². The first-order chi connectivity index (χ1) is 16.3. The van der Waals surface area contributed by atoms with Crippen molar-refractivity contribution in [2.75, 3.05) is 13.1 Å². The summed E-state index contributed by atoms with van der Waals surface area (Å²) in [6.07, 6.45) is 0.529. The quantitative estimate of drug-likeness (QED) is 0.481. The van der Waals surface area contributed by atoms with Crippen LogP contribution in [0.3, 0.4) is 0 Å². The zero-order valence-corrected chi connectivity index (χ0v) is 20.7. The lowest BCUT2D eigenvalue weighted by Crippen LogP contribution is -2.62. The lowest BCUT2D eigenvalue weighted by Gasteiger charge is -2.39. The van der Waals surface area contributed by atoms with Gasteiger partial charge in [0.25, 0.3) is 5.56 Å². The van der Waals surface area contributed by atoms with Crippen LogP contribution in [0.4, 0.5) is 4.79 Å². The van der Waals surface area contributed by atoms with Gasteiger partial charge in [-0.1, -0.05) is 30.3 Å². The third-order valence-electron chi connectivity index (χ3n) is 5.08. The fourth-order valence-electron chi connectivity index (χ4n) is 3.18. The minimum atomic E-state index is -1.31. The molecule has 0 saturated carbocycles. The van der Waals surface area contributed by atoms with E-state index in [0.29, 0.717) is 0 Å². The summed E-state index contributed by atoms with van der Waals surface area (Å²) in [6.45, 7) is 8.22. The summed E-state index contributed by atoms with van der Waals surface area (Å²) < 4.78 is 6.36. The van der Waals surface area contributed by atoms with E-state index in [1.807, 2.05) is 39.0 Å². The van der Waals surface area contributed by atoms with Gasteiger partial charge in [-0.3, -0.25) is 23.9 Å². The summed E-state index contributed by atoms with van der Waals surface area (Å²) >= 11 is 0. The molecule has 0 unspecified atom stereocenters. The minimum absolute atomic E-state index is 0.0199. The Morgan fingerprint density at radius 3 is 2.29 bits per heavy atom. The Balaban J connectivity index is 2.12. The number of H-pyrrole nitrogens is 1. The van der Waals surface area contributed by atoms with Gasteiger partial charge in [0.15, 0.2) is 0 Å². The number of carbonyl (C=O) groups is 3. The Bertz CT molecular complexity index is 1150. The highest BCUT2D eigenvalue weighted by Crippen LogP contribution is 2.17. The predicted molar refractivity (Wildman–Crippen MR) is 130 cm³/mol.